The summed E-state index contributed by atoms with van der Waals surface area (Å²) in [6, 6.07) is 15.6. The molecule has 0 N–H and O–H groups in total. The molecule has 0 radical (unpaired) electrons. The molecule has 0 saturated carbocycles. The Bertz CT molecular complexity index is 524. The Kier molecular flexibility index (Phi) is 8.96. The van der Waals surface area contributed by atoms with Gasteiger partial charge in [-0.3, -0.25) is 0 Å². The smallest absolute Gasteiger partial charge is 0.108 e. The topological polar surface area (TPSA) is 12.5 Å². The average molecular weight is 375 g/mol. The molecule has 2 rings (SSSR count). The SMILES string of the molecule is CN(C)CCCOC(c1ccc(Cl)cc1)c1ccc(Cl)cc1.Cl. The lowest BCUT2D eigenvalue weighted by Gasteiger charge is -2.20. The average Bonchev–Trinajstić information content (AvgIpc) is 2.50. The van der Waals surface area contributed by atoms with E-state index in [2.05, 4.69) is 19.0 Å². The first kappa shape index (κ1) is 20.3. The number of hydrogen-bond acceptors (Lipinski definition) is 2. The molecule has 0 aliphatic heterocycles. The zero-order valence-corrected chi connectivity index (χ0v) is 15.7. The Hall–Kier alpha value is -0.770. The van der Waals surface area contributed by atoms with Crippen molar-refractivity contribution in [2.45, 2.75) is 12.5 Å². The summed E-state index contributed by atoms with van der Waals surface area (Å²) >= 11 is 12.0. The third kappa shape index (κ3) is 6.70. The van der Waals surface area contributed by atoms with Gasteiger partial charge >= 0.3 is 0 Å². The van der Waals surface area contributed by atoms with Crippen LogP contribution in [0.1, 0.15) is 23.7 Å². The molecule has 0 heterocycles. The van der Waals surface area contributed by atoms with Crippen LogP contribution in [0.5, 0.6) is 0 Å². The van der Waals surface area contributed by atoms with E-state index in [1.807, 2.05) is 48.5 Å². The van der Waals surface area contributed by atoms with Crippen LogP contribution in [0.3, 0.4) is 0 Å². The maximum atomic E-state index is 6.13. The van der Waals surface area contributed by atoms with Gasteiger partial charge in [-0.05, 0) is 62.5 Å². The molecule has 0 atom stereocenters. The van der Waals surface area contributed by atoms with Gasteiger partial charge in [-0.15, -0.1) is 12.4 Å². The van der Waals surface area contributed by atoms with E-state index >= 15 is 0 Å². The van der Waals surface area contributed by atoms with Gasteiger partial charge in [0.15, 0.2) is 0 Å². The number of halogens is 3. The van der Waals surface area contributed by atoms with Crippen LogP contribution in [-0.4, -0.2) is 32.1 Å². The van der Waals surface area contributed by atoms with E-state index in [-0.39, 0.29) is 18.5 Å². The van der Waals surface area contributed by atoms with Crippen molar-refractivity contribution in [2.24, 2.45) is 0 Å². The maximum Gasteiger partial charge on any atom is 0.108 e. The second-order valence-corrected chi connectivity index (χ2v) is 6.38. The summed E-state index contributed by atoms with van der Waals surface area (Å²) in [6.07, 6.45) is 0.890. The minimum Gasteiger partial charge on any atom is -0.369 e. The fraction of sp³-hybridized carbons (Fsp3) is 0.333. The van der Waals surface area contributed by atoms with Gasteiger partial charge in [0.05, 0.1) is 0 Å². The maximum absolute atomic E-state index is 6.13. The molecule has 0 amide bonds. The summed E-state index contributed by atoms with van der Waals surface area (Å²) in [4.78, 5) is 2.16. The van der Waals surface area contributed by atoms with Gasteiger partial charge in [0, 0.05) is 16.7 Å². The zero-order valence-electron chi connectivity index (χ0n) is 13.3. The molecule has 0 aliphatic rings. The predicted molar refractivity (Wildman–Crippen MR) is 101 cm³/mol. The first-order chi connectivity index (χ1) is 10.6. The van der Waals surface area contributed by atoms with Crippen LogP contribution >= 0.6 is 35.6 Å². The first-order valence-electron chi connectivity index (χ1n) is 7.33. The monoisotopic (exact) mass is 373 g/mol. The Balaban J connectivity index is 0.00000264. The fourth-order valence-corrected chi connectivity index (χ4v) is 2.49. The normalized spacial score (nSPS) is 10.9. The van der Waals surface area contributed by atoms with E-state index in [4.69, 9.17) is 27.9 Å². The first-order valence-corrected chi connectivity index (χ1v) is 8.09. The van der Waals surface area contributed by atoms with Crippen LogP contribution in [0.15, 0.2) is 48.5 Å². The van der Waals surface area contributed by atoms with Crippen molar-refractivity contribution in [3.63, 3.8) is 0 Å². The van der Waals surface area contributed by atoms with Gasteiger partial charge < -0.3 is 9.64 Å². The highest BCUT2D eigenvalue weighted by molar-refractivity contribution is 6.30. The van der Waals surface area contributed by atoms with Gasteiger partial charge in [-0.2, -0.15) is 0 Å². The Morgan fingerprint density at radius 1 is 0.870 bits per heavy atom. The second-order valence-electron chi connectivity index (χ2n) is 5.51. The molecule has 5 heteroatoms. The fourth-order valence-electron chi connectivity index (χ4n) is 2.24. The molecule has 23 heavy (non-hydrogen) atoms. The molecule has 0 aliphatic carbocycles. The van der Waals surface area contributed by atoms with E-state index < -0.39 is 0 Å². The van der Waals surface area contributed by atoms with Gasteiger partial charge in [-0.1, -0.05) is 47.5 Å². The number of benzene rings is 2. The van der Waals surface area contributed by atoms with Crippen molar-refractivity contribution >= 4 is 35.6 Å². The van der Waals surface area contributed by atoms with Crippen LogP contribution in [0.25, 0.3) is 0 Å². The van der Waals surface area contributed by atoms with Crippen LogP contribution in [0, 0.1) is 0 Å². The van der Waals surface area contributed by atoms with E-state index in [0.29, 0.717) is 6.61 Å². The quantitative estimate of drug-likeness (QED) is 0.596. The molecule has 0 spiro atoms. The lowest BCUT2D eigenvalue weighted by molar-refractivity contribution is 0.0744. The minimum absolute atomic E-state index is 0. The van der Waals surface area contributed by atoms with Gasteiger partial charge in [0.25, 0.3) is 0 Å². The highest BCUT2D eigenvalue weighted by Crippen LogP contribution is 2.28. The molecule has 0 bridgehead atoms. The lowest BCUT2D eigenvalue weighted by atomic mass is 10.0. The van der Waals surface area contributed by atoms with Crippen molar-refractivity contribution in [2.75, 3.05) is 27.2 Å². The molecule has 126 valence electrons. The van der Waals surface area contributed by atoms with Crippen molar-refractivity contribution in [1.82, 2.24) is 4.90 Å². The summed E-state index contributed by atoms with van der Waals surface area (Å²) < 4.78 is 6.13. The molecule has 2 nitrogen and oxygen atoms in total. The molecule has 2 aromatic carbocycles. The zero-order chi connectivity index (χ0) is 15.9. The predicted octanol–water partition coefficient (Wildman–Crippen LogP) is 5.47. The Morgan fingerprint density at radius 3 is 1.70 bits per heavy atom. The van der Waals surface area contributed by atoms with Gasteiger partial charge in [0.2, 0.25) is 0 Å². The lowest BCUT2D eigenvalue weighted by Crippen LogP contribution is -2.16. The standard InChI is InChI=1S/C18H21Cl2NO.ClH/c1-21(2)12-3-13-22-18(14-4-8-16(19)9-5-14)15-6-10-17(20)11-7-15;/h4-11,18H,3,12-13H2,1-2H3;1H. The molecule has 0 aromatic heterocycles. The van der Waals surface area contributed by atoms with Gasteiger partial charge in [-0.25, -0.2) is 0 Å². The third-order valence-electron chi connectivity index (χ3n) is 3.38. The molecular formula is C18H22Cl3NO. The minimum atomic E-state index is -0.100. The van der Waals surface area contributed by atoms with Crippen molar-refractivity contribution in [3.8, 4) is 0 Å². The molecule has 0 unspecified atom stereocenters. The van der Waals surface area contributed by atoms with E-state index in [1.54, 1.807) is 0 Å². The second kappa shape index (κ2) is 10.2. The molecule has 0 fully saturated rings. The Morgan fingerprint density at radius 2 is 1.30 bits per heavy atom. The van der Waals surface area contributed by atoms with Crippen LogP contribution in [-0.2, 0) is 4.74 Å². The Labute approximate surface area is 154 Å². The van der Waals surface area contributed by atoms with Crippen molar-refractivity contribution in [1.29, 1.82) is 0 Å². The number of ether oxygens (including phenoxy) is 1. The molecule has 2 aromatic rings. The largest absolute Gasteiger partial charge is 0.369 e. The summed E-state index contributed by atoms with van der Waals surface area (Å²) in [5.41, 5.74) is 2.19. The molecule has 0 saturated heterocycles. The number of nitrogens with zero attached hydrogens (tertiary/aromatic N) is 1. The number of rotatable bonds is 7. The van der Waals surface area contributed by atoms with Crippen molar-refractivity contribution in [3.05, 3.63) is 69.7 Å². The number of hydrogen-bond donors (Lipinski definition) is 0. The van der Waals surface area contributed by atoms with Crippen LogP contribution in [0.2, 0.25) is 10.0 Å². The third-order valence-corrected chi connectivity index (χ3v) is 3.88. The van der Waals surface area contributed by atoms with Crippen LogP contribution < -0.4 is 0 Å². The van der Waals surface area contributed by atoms with Crippen LogP contribution in [0.4, 0.5) is 0 Å². The summed E-state index contributed by atoms with van der Waals surface area (Å²) in [6.45, 7) is 1.71. The summed E-state index contributed by atoms with van der Waals surface area (Å²) in [5.74, 6) is 0. The highest BCUT2D eigenvalue weighted by atomic mass is 35.5. The molecular weight excluding hydrogens is 353 g/mol. The van der Waals surface area contributed by atoms with E-state index in [1.165, 1.54) is 0 Å². The highest BCUT2D eigenvalue weighted by Gasteiger charge is 2.14. The van der Waals surface area contributed by atoms with E-state index in [9.17, 15) is 0 Å². The van der Waals surface area contributed by atoms with Gasteiger partial charge in [0.1, 0.15) is 6.10 Å². The summed E-state index contributed by atoms with van der Waals surface area (Å²) in [7, 11) is 4.13. The summed E-state index contributed by atoms with van der Waals surface area (Å²) in [5, 5.41) is 1.46. The van der Waals surface area contributed by atoms with E-state index in [0.717, 1.165) is 34.1 Å². The van der Waals surface area contributed by atoms with Crippen molar-refractivity contribution < 1.29 is 4.74 Å².